The summed E-state index contributed by atoms with van der Waals surface area (Å²) in [5.41, 5.74) is 0.991. The first kappa shape index (κ1) is 19.0. The molecule has 3 fully saturated rings. The average Bonchev–Trinajstić information content (AvgIpc) is 2.84. The number of carbonyl (C=O) groups excluding carboxylic acids is 2. The molecule has 2 N–H and O–H groups in total. The summed E-state index contributed by atoms with van der Waals surface area (Å²) in [6.07, 6.45) is 6.98. The van der Waals surface area contributed by atoms with Gasteiger partial charge in [-0.1, -0.05) is 19.4 Å². The zero-order valence-corrected chi connectivity index (χ0v) is 17.1. The number of fused-ring (bicyclic) bond motifs is 5. The van der Waals surface area contributed by atoms with Gasteiger partial charge < -0.3 is 15.3 Å². The van der Waals surface area contributed by atoms with Gasteiger partial charge in [-0.25, -0.2) is 0 Å². The van der Waals surface area contributed by atoms with Crippen LogP contribution in [0.3, 0.4) is 0 Å². The van der Waals surface area contributed by atoms with E-state index in [4.69, 9.17) is 0 Å². The summed E-state index contributed by atoms with van der Waals surface area (Å²) in [5.74, 6) is 1.38. The van der Waals surface area contributed by atoms with Crippen LogP contribution in [0.1, 0.15) is 52.4 Å². The molecule has 0 bridgehead atoms. The van der Waals surface area contributed by atoms with Crippen molar-refractivity contribution in [2.24, 2.45) is 34.5 Å². The predicted molar refractivity (Wildman–Crippen MR) is 104 cm³/mol. The van der Waals surface area contributed by atoms with Gasteiger partial charge in [0, 0.05) is 32.6 Å². The summed E-state index contributed by atoms with van der Waals surface area (Å²) in [6, 6.07) is 0. The Labute approximate surface area is 162 Å². The maximum atomic E-state index is 12.8. The summed E-state index contributed by atoms with van der Waals surface area (Å²) in [5, 5.41) is 14.3. The number of aliphatic hydroxyl groups is 1. The van der Waals surface area contributed by atoms with Crippen molar-refractivity contribution < 1.29 is 14.7 Å². The van der Waals surface area contributed by atoms with Gasteiger partial charge in [0.1, 0.15) is 0 Å². The van der Waals surface area contributed by atoms with Crippen LogP contribution in [-0.4, -0.2) is 48.6 Å². The maximum absolute atomic E-state index is 12.8. The van der Waals surface area contributed by atoms with Crippen molar-refractivity contribution in [1.29, 1.82) is 0 Å². The number of allylic oxidation sites excluding steroid dienone is 1. The number of nitrogens with zero attached hydrogens (tertiary/aromatic N) is 1. The molecule has 0 aromatic rings. The normalized spacial score (nSPS) is 46.3. The molecule has 3 aliphatic carbocycles. The molecule has 7 atom stereocenters. The van der Waals surface area contributed by atoms with Crippen molar-refractivity contribution in [3.63, 3.8) is 0 Å². The van der Waals surface area contributed by atoms with Gasteiger partial charge >= 0.3 is 0 Å². The third kappa shape index (κ3) is 2.68. The van der Waals surface area contributed by atoms with Crippen LogP contribution in [0, 0.1) is 34.5 Å². The second-order valence-corrected chi connectivity index (χ2v) is 10.1. The largest absolute Gasteiger partial charge is 0.393 e. The lowest BCUT2D eigenvalue weighted by Gasteiger charge is -2.59. The number of amides is 2. The highest BCUT2D eigenvalue weighted by Crippen LogP contribution is 2.66. The lowest BCUT2D eigenvalue weighted by molar-refractivity contribution is -0.150. The highest BCUT2D eigenvalue weighted by atomic mass is 16.3. The average molecular weight is 375 g/mol. The molecular weight excluding hydrogens is 340 g/mol. The maximum Gasteiger partial charge on any atom is 0.243 e. The van der Waals surface area contributed by atoms with Crippen molar-refractivity contribution in [2.75, 3.05) is 20.6 Å². The molecule has 4 aliphatic rings. The molecule has 27 heavy (non-hydrogen) atoms. The Bertz CT molecular complexity index is 687. The number of rotatable bonds is 1. The zero-order chi connectivity index (χ0) is 19.6. The second kappa shape index (κ2) is 6.33. The Kier molecular flexibility index (Phi) is 4.45. The van der Waals surface area contributed by atoms with Crippen LogP contribution in [0.15, 0.2) is 11.6 Å². The van der Waals surface area contributed by atoms with E-state index in [0.29, 0.717) is 24.8 Å². The van der Waals surface area contributed by atoms with E-state index < -0.39 is 6.10 Å². The van der Waals surface area contributed by atoms with E-state index in [1.165, 1.54) is 5.57 Å². The monoisotopic (exact) mass is 374 g/mol. The summed E-state index contributed by atoms with van der Waals surface area (Å²) < 4.78 is 0. The fourth-order valence-electron chi connectivity index (χ4n) is 7.41. The molecule has 1 heterocycles. The molecular formula is C22H34N2O3. The first-order chi connectivity index (χ1) is 12.7. The molecule has 2 amide bonds. The molecule has 0 spiro atoms. The van der Waals surface area contributed by atoms with E-state index in [-0.39, 0.29) is 34.5 Å². The molecule has 4 rings (SSSR count). The van der Waals surface area contributed by atoms with Gasteiger partial charge in [0.15, 0.2) is 0 Å². The Balaban J connectivity index is 1.69. The molecule has 0 saturated heterocycles. The zero-order valence-electron chi connectivity index (χ0n) is 17.1. The lowest BCUT2D eigenvalue weighted by Crippen LogP contribution is -2.57. The molecule has 5 nitrogen and oxygen atoms in total. The molecule has 5 heteroatoms. The Morgan fingerprint density at radius 3 is 2.70 bits per heavy atom. The third-order valence-corrected chi connectivity index (χ3v) is 8.66. The van der Waals surface area contributed by atoms with Crippen LogP contribution in [0.2, 0.25) is 0 Å². The smallest absolute Gasteiger partial charge is 0.243 e. The Hall–Kier alpha value is -1.36. The van der Waals surface area contributed by atoms with Crippen molar-refractivity contribution in [1.82, 2.24) is 10.2 Å². The van der Waals surface area contributed by atoms with Gasteiger partial charge in [0.2, 0.25) is 11.8 Å². The number of hydrogen-bond donors (Lipinski definition) is 2. The van der Waals surface area contributed by atoms with Gasteiger partial charge in [0.05, 0.1) is 6.10 Å². The summed E-state index contributed by atoms with van der Waals surface area (Å²) in [4.78, 5) is 26.6. The predicted octanol–water partition coefficient (Wildman–Crippen LogP) is 2.35. The minimum atomic E-state index is -0.409. The Morgan fingerprint density at radius 2 is 2.00 bits per heavy atom. The van der Waals surface area contributed by atoms with Gasteiger partial charge in [-0.2, -0.15) is 0 Å². The van der Waals surface area contributed by atoms with E-state index in [9.17, 15) is 14.7 Å². The highest BCUT2D eigenvalue weighted by molar-refractivity contribution is 5.88. The van der Waals surface area contributed by atoms with Gasteiger partial charge in [-0.15, -0.1) is 0 Å². The van der Waals surface area contributed by atoms with Crippen molar-refractivity contribution in [3.05, 3.63) is 11.6 Å². The molecule has 3 unspecified atom stereocenters. The first-order valence-electron chi connectivity index (χ1n) is 10.6. The van der Waals surface area contributed by atoms with Gasteiger partial charge in [0.25, 0.3) is 0 Å². The van der Waals surface area contributed by atoms with Crippen LogP contribution in [-0.2, 0) is 9.59 Å². The van der Waals surface area contributed by atoms with Crippen LogP contribution in [0.25, 0.3) is 0 Å². The Morgan fingerprint density at radius 1 is 1.26 bits per heavy atom. The lowest BCUT2D eigenvalue weighted by atomic mass is 9.47. The second-order valence-electron chi connectivity index (χ2n) is 10.1. The van der Waals surface area contributed by atoms with E-state index in [2.05, 4.69) is 19.2 Å². The molecule has 150 valence electrons. The molecule has 0 aromatic heterocycles. The number of aliphatic hydroxyl groups excluding tert-OH is 1. The van der Waals surface area contributed by atoms with Crippen LogP contribution < -0.4 is 5.32 Å². The third-order valence-electron chi connectivity index (χ3n) is 8.66. The van der Waals surface area contributed by atoms with Crippen molar-refractivity contribution in [3.8, 4) is 0 Å². The van der Waals surface area contributed by atoms with Crippen molar-refractivity contribution >= 4 is 11.8 Å². The molecule has 1 aliphatic heterocycles. The quantitative estimate of drug-likeness (QED) is 0.740. The fourth-order valence-corrected chi connectivity index (χ4v) is 7.41. The fraction of sp³-hybridized carbons (Fsp3) is 0.818. The first-order valence-corrected chi connectivity index (χ1v) is 10.6. The van der Waals surface area contributed by atoms with Crippen LogP contribution >= 0.6 is 0 Å². The molecule has 0 radical (unpaired) electrons. The molecule has 3 saturated carbocycles. The highest BCUT2D eigenvalue weighted by Gasteiger charge is 2.62. The minimum Gasteiger partial charge on any atom is -0.393 e. The number of carbonyl (C=O) groups is 2. The van der Waals surface area contributed by atoms with E-state index >= 15 is 0 Å². The van der Waals surface area contributed by atoms with E-state index in [1.807, 2.05) is 14.1 Å². The summed E-state index contributed by atoms with van der Waals surface area (Å²) in [7, 11) is 3.69. The number of hydrogen-bond acceptors (Lipinski definition) is 3. The van der Waals surface area contributed by atoms with Gasteiger partial charge in [-0.05, 0) is 67.1 Å². The topological polar surface area (TPSA) is 69.6 Å². The summed E-state index contributed by atoms with van der Waals surface area (Å²) >= 11 is 0. The van der Waals surface area contributed by atoms with E-state index in [0.717, 1.165) is 32.1 Å². The van der Waals surface area contributed by atoms with Crippen LogP contribution in [0.5, 0.6) is 0 Å². The van der Waals surface area contributed by atoms with Crippen LogP contribution in [0.4, 0.5) is 0 Å². The minimum absolute atomic E-state index is 0.0137. The number of nitrogens with one attached hydrogen (secondary N) is 1. The van der Waals surface area contributed by atoms with Crippen molar-refractivity contribution in [2.45, 2.75) is 58.5 Å². The van der Waals surface area contributed by atoms with E-state index in [1.54, 1.807) is 11.0 Å². The summed E-state index contributed by atoms with van der Waals surface area (Å²) in [6.45, 7) is 5.19. The standard InChI is InChI=1S/C22H34N2O3/c1-21-9-10-23-18(26)11-13(21)5-6-14-15-7-8-16(20(27)24(3)4)22(15,2)12-17(25)19(14)21/h11,14-17,19,25H,5-10,12H2,1-4H3,(H,23,26)/t14?,15?,16-,17+,19?,21+,22+/m1/s1. The SMILES string of the molecule is CN(C)C(=O)[C@H]1CCC2C3CCC4=CC(=O)NCC[C@]4(C)C3[C@@H](O)C[C@@]21C. The van der Waals surface area contributed by atoms with Gasteiger partial charge in [-0.3, -0.25) is 9.59 Å². The molecule has 0 aromatic carbocycles.